The zero-order valence-corrected chi connectivity index (χ0v) is 14.1. The van der Waals surface area contributed by atoms with Gasteiger partial charge in [0.15, 0.2) is 0 Å². The summed E-state index contributed by atoms with van der Waals surface area (Å²) in [6.07, 6.45) is 3.51. The number of nitrogens with zero attached hydrogens (tertiary/aromatic N) is 3. The molecule has 0 N–H and O–H groups in total. The van der Waals surface area contributed by atoms with E-state index < -0.39 is 15.8 Å². The van der Waals surface area contributed by atoms with E-state index in [0.29, 0.717) is 12.4 Å². The number of fused-ring (bicyclic) bond motifs is 1. The summed E-state index contributed by atoms with van der Waals surface area (Å²) in [7, 11) is -3.86. The number of aromatic nitrogens is 2. The highest BCUT2D eigenvalue weighted by Gasteiger charge is 2.37. The molecule has 0 spiro atoms. The fraction of sp³-hybridized carbons (Fsp3) is 0.167. The Morgan fingerprint density at radius 2 is 1.88 bits per heavy atom. The number of hydrogen-bond donors (Lipinski definition) is 0. The molecule has 0 bridgehead atoms. The second kappa shape index (κ2) is 6.09. The summed E-state index contributed by atoms with van der Waals surface area (Å²) in [5, 5.41) is 0. The molecule has 0 amide bonds. The van der Waals surface area contributed by atoms with Gasteiger partial charge in [-0.05, 0) is 23.8 Å². The maximum absolute atomic E-state index is 13.6. The van der Waals surface area contributed by atoms with Crippen molar-refractivity contribution in [1.82, 2.24) is 13.9 Å². The Morgan fingerprint density at radius 3 is 2.64 bits per heavy atom. The first-order chi connectivity index (χ1) is 12.1. The lowest BCUT2D eigenvalue weighted by Gasteiger charge is -2.35. The van der Waals surface area contributed by atoms with Gasteiger partial charge in [0.25, 0.3) is 0 Å². The summed E-state index contributed by atoms with van der Waals surface area (Å²) in [5.41, 5.74) is 0.891. The molecule has 4 rings (SSSR count). The second-order valence-electron chi connectivity index (χ2n) is 5.93. The number of halogens is 1. The molecule has 3 aromatic rings. The van der Waals surface area contributed by atoms with Gasteiger partial charge >= 0.3 is 0 Å². The predicted octanol–water partition coefficient (Wildman–Crippen LogP) is 2.97. The van der Waals surface area contributed by atoms with Crippen molar-refractivity contribution in [3.8, 4) is 0 Å². The van der Waals surface area contributed by atoms with Gasteiger partial charge in [-0.3, -0.25) is 0 Å². The Labute approximate surface area is 145 Å². The molecule has 2 aromatic carbocycles. The third-order valence-corrected chi connectivity index (χ3v) is 6.25. The van der Waals surface area contributed by atoms with Crippen LogP contribution in [-0.2, 0) is 23.1 Å². The van der Waals surface area contributed by atoms with Gasteiger partial charge in [0, 0.05) is 18.9 Å². The third-order valence-electron chi connectivity index (χ3n) is 4.40. The Balaban J connectivity index is 1.82. The van der Waals surface area contributed by atoms with Crippen molar-refractivity contribution in [2.75, 3.05) is 0 Å². The van der Waals surface area contributed by atoms with Crippen molar-refractivity contribution < 1.29 is 12.8 Å². The zero-order valence-electron chi connectivity index (χ0n) is 13.3. The van der Waals surface area contributed by atoms with Crippen molar-refractivity contribution in [2.24, 2.45) is 0 Å². The van der Waals surface area contributed by atoms with E-state index in [4.69, 9.17) is 0 Å². The van der Waals surface area contributed by atoms with E-state index in [2.05, 4.69) is 4.98 Å². The number of hydrogen-bond acceptors (Lipinski definition) is 3. The first kappa shape index (κ1) is 16.0. The van der Waals surface area contributed by atoms with Gasteiger partial charge in [-0.25, -0.2) is 17.8 Å². The maximum atomic E-state index is 13.6. The molecular weight excluding hydrogens is 341 g/mol. The van der Waals surface area contributed by atoms with Crippen LogP contribution in [0.4, 0.5) is 4.39 Å². The normalized spacial score (nSPS) is 18.0. The predicted molar refractivity (Wildman–Crippen MR) is 90.5 cm³/mol. The molecule has 2 heterocycles. The lowest BCUT2D eigenvalue weighted by atomic mass is 10.1. The highest BCUT2D eigenvalue weighted by atomic mass is 32.2. The van der Waals surface area contributed by atoms with Crippen LogP contribution >= 0.6 is 0 Å². The number of sulfonamides is 1. The number of rotatable bonds is 3. The van der Waals surface area contributed by atoms with Crippen molar-refractivity contribution in [2.45, 2.75) is 24.0 Å². The third kappa shape index (κ3) is 2.85. The first-order valence-corrected chi connectivity index (χ1v) is 9.32. The lowest BCUT2D eigenvalue weighted by Crippen LogP contribution is -2.41. The van der Waals surface area contributed by atoms with Crippen LogP contribution in [0.5, 0.6) is 0 Å². The molecule has 0 fully saturated rings. The SMILES string of the molecule is O=S(=O)(c1cccc(F)c1)N1Cc2nccn2C[C@H]1c1ccccc1. The topological polar surface area (TPSA) is 55.2 Å². The number of imidazole rings is 1. The molecule has 1 aromatic heterocycles. The molecule has 7 heteroatoms. The maximum Gasteiger partial charge on any atom is 0.244 e. The first-order valence-electron chi connectivity index (χ1n) is 7.88. The zero-order chi connectivity index (χ0) is 17.4. The average molecular weight is 357 g/mol. The summed E-state index contributed by atoms with van der Waals surface area (Å²) < 4.78 is 43.3. The summed E-state index contributed by atoms with van der Waals surface area (Å²) >= 11 is 0. The molecule has 0 radical (unpaired) electrons. The Bertz CT molecular complexity index is 1000. The van der Waals surface area contributed by atoms with Gasteiger partial charge in [0.2, 0.25) is 10.0 Å². The largest absolute Gasteiger partial charge is 0.332 e. The summed E-state index contributed by atoms with van der Waals surface area (Å²) in [5.74, 6) is 0.100. The van der Waals surface area contributed by atoms with E-state index in [1.54, 1.807) is 6.20 Å². The standard InChI is InChI=1S/C18H16FN3O2S/c19-15-7-4-8-16(11-15)25(23,24)22-13-18-20-9-10-21(18)12-17(22)14-5-2-1-3-6-14/h1-11,17H,12-13H2/t17-/m0/s1. The second-order valence-corrected chi connectivity index (χ2v) is 7.82. The van der Waals surface area contributed by atoms with Crippen molar-refractivity contribution >= 4 is 10.0 Å². The molecule has 25 heavy (non-hydrogen) atoms. The van der Waals surface area contributed by atoms with E-state index in [1.807, 2.05) is 41.1 Å². The highest BCUT2D eigenvalue weighted by molar-refractivity contribution is 7.89. The van der Waals surface area contributed by atoms with Gasteiger partial charge < -0.3 is 4.57 Å². The Kier molecular flexibility index (Phi) is 3.89. The quantitative estimate of drug-likeness (QED) is 0.724. The monoisotopic (exact) mass is 357 g/mol. The Morgan fingerprint density at radius 1 is 1.08 bits per heavy atom. The van der Waals surface area contributed by atoms with Crippen LogP contribution in [0.15, 0.2) is 71.9 Å². The smallest absolute Gasteiger partial charge is 0.244 e. The molecule has 1 aliphatic rings. The minimum atomic E-state index is -3.86. The van der Waals surface area contributed by atoms with Crippen LogP contribution in [0.25, 0.3) is 0 Å². The van der Waals surface area contributed by atoms with Crippen molar-refractivity contribution in [1.29, 1.82) is 0 Å². The van der Waals surface area contributed by atoms with Gasteiger partial charge in [0.05, 0.1) is 17.5 Å². The van der Waals surface area contributed by atoms with Crippen LogP contribution in [0.1, 0.15) is 17.4 Å². The van der Waals surface area contributed by atoms with Crippen LogP contribution < -0.4 is 0 Å². The molecule has 0 saturated heterocycles. The van der Waals surface area contributed by atoms with Gasteiger partial charge in [-0.15, -0.1) is 0 Å². The minimum Gasteiger partial charge on any atom is -0.332 e. The van der Waals surface area contributed by atoms with Crippen molar-refractivity contribution in [3.05, 3.63) is 84.2 Å². The van der Waals surface area contributed by atoms with Gasteiger partial charge in [0.1, 0.15) is 11.6 Å². The van der Waals surface area contributed by atoms with Crippen LogP contribution in [0.2, 0.25) is 0 Å². The molecule has 0 unspecified atom stereocenters. The molecule has 1 atom stereocenters. The highest BCUT2D eigenvalue weighted by Crippen LogP contribution is 2.34. The summed E-state index contributed by atoms with van der Waals surface area (Å²) in [4.78, 5) is 4.19. The summed E-state index contributed by atoms with van der Waals surface area (Å²) in [6, 6.07) is 14.2. The van der Waals surface area contributed by atoms with Crippen molar-refractivity contribution in [3.63, 3.8) is 0 Å². The molecule has 0 aliphatic carbocycles. The van der Waals surface area contributed by atoms with E-state index in [1.165, 1.54) is 22.5 Å². The van der Waals surface area contributed by atoms with Crippen LogP contribution in [0, 0.1) is 5.82 Å². The summed E-state index contributed by atoms with van der Waals surface area (Å²) in [6.45, 7) is 0.610. The average Bonchev–Trinajstić information content (AvgIpc) is 3.09. The molecule has 128 valence electrons. The van der Waals surface area contributed by atoms with E-state index >= 15 is 0 Å². The van der Waals surface area contributed by atoms with E-state index in [9.17, 15) is 12.8 Å². The van der Waals surface area contributed by atoms with E-state index in [-0.39, 0.29) is 17.5 Å². The van der Waals surface area contributed by atoms with Crippen LogP contribution in [-0.4, -0.2) is 22.3 Å². The molecule has 5 nitrogen and oxygen atoms in total. The fourth-order valence-electron chi connectivity index (χ4n) is 3.15. The minimum absolute atomic E-state index is 0.0477. The Hall–Kier alpha value is -2.51. The molecule has 1 aliphatic heterocycles. The number of benzene rings is 2. The molecule has 0 saturated carbocycles. The fourth-order valence-corrected chi connectivity index (χ4v) is 4.74. The van der Waals surface area contributed by atoms with Gasteiger partial charge in [-0.2, -0.15) is 4.31 Å². The van der Waals surface area contributed by atoms with Gasteiger partial charge in [-0.1, -0.05) is 36.4 Å². The lowest BCUT2D eigenvalue weighted by molar-refractivity contribution is 0.243. The van der Waals surface area contributed by atoms with Crippen LogP contribution in [0.3, 0.4) is 0 Å². The van der Waals surface area contributed by atoms with E-state index in [0.717, 1.165) is 11.6 Å². The molecular formula is C18H16FN3O2S.